The molecular weight excluding hydrogens is 1260 g/mol. The minimum absolute atomic E-state index is 0. The summed E-state index contributed by atoms with van der Waals surface area (Å²) in [6.45, 7) is 27.6. The van der Waals surface area contributed by atoms with Crippen LogP contribution in [0.1, 0.15) is 156 Å². The van der Waals surface area contributed by atoms with Gasteiger partial charge in [-0.15, -0.1) is 0 Å². The minimum atomic E-state index is -3.88. The Kier molecular flexibility index (Phi) is 28.0. The number of ketones is 3. The molecule has 2 aromatic rings. The lowest BCUT2D eigenvalue weighted by Crippen LogP contribution is -2.56. The van der Waals surface area contributed by atoms with Gasteiger partial charge in [-0.05, 0) is 156 Å². The zero-order valence-electron chi connectivity index (χ0n) is 58.8. The maximum absolute atomic E-state index is 13.7. The average molecular weight is 1380 g/mol. The number of sulfonamides is 2. The number of hydrogen-bond donors (Lipinski definition) is 2. The fourth-order valence-electron chi connectivity index (χ4n) is 12.2. The Morgan fingerprint density at radius 3 is 1.17 bits per heavy atom. The van der Waals surface area contributed by atoms with Crippen molar-refractivity contribution in [2.24, 2.45) is 0 Å². The molecule has 0 bridgehead atoms. The molecule has 3 atom stereocenters. The van der Waals surface area contributed by atoms with Crippen LogP contribution in [0, 0.1) is 0 Å². The van der Waals surface area contributed by atoms with Gasteiger partial charge < -0.3 is 63.1 Å². The predicted octanol–water partition coefficient (Wildman–Crippen LogP) is 6.97. The number of benzene rings is 2. The summed E-state index contributed by atoms with van der Waals surface area (Å²) in [5.74, 6) is 0.0182. The van der Waals surface area contributed by atoms with Crippen molar-refractivity contribution in [1.29, 1.82) is 0 Å². The Hall–Kier alpha value is -5.24. The second-order valence-electron chi connectivity index (χ2n) is 29.2. The van der Waals surface area contributed by atoms with E-state index in [9.17, 15) is 45.6 Å². The first-order valence-electron chi connectivity index (χ1n) is 32.7. The van der Waals surface area contributed by atoms with Gasteiger partial charge in [-0.2, -0.15) is 8.61 Å². The van der Waals surface area contributed by atoms with E-state index in [-0.39, 0.29) is 77.3 Å². The lowest BCUT2D eigenvalue weighted by Gasteiger charge is -2.43. The Bertz CT molecular complexity index is 3120. The molecule has 95 heavy (non-hydrogen) atoms. The maximum Gasteiger partial charge on any atom is 0.410 e. The van der Waals surface area contributed by atoms with Gasteiger partial charge in [0.25, 0.3) is 0 Å². The molecule has 0 saturated carbocycles. The first kappa shape index (κ1) is 80.4. The van der Waals surface area contributed by atoms with E-state index < -0.39 is 54.4 Å². The summed E-state index contributed by atoms with van der Waals surface area (Å²) in [6.07, 6.45) is 3.33. The Morgan fingerprint density at radius 1 is 0.505 bits per heavy atom. The van der Waals surface area contributed by atoms with E-state index in [1.807, 2.05) is 100 Å². The summed E-state index contributed by atoms with van der Waals surface area (Å²) in [5, 5.41) is 6.78. The largest absolute Gasteiger partial charge is 0.444 e. The first-order chi connectivity index (χ1) is 43.6. The predicted molar refractivity (Wildman–Crippen MR) is 362 cm³/mol. The van der Waals surface area contributed by atoms with E-state index in [2.05, 4.69) is 29.6 Å². The van der Waals surface area contributed by atoms with Crippen molar-refractivity contribution in [2.45, 2.75) is 197 Å². The van der Waals surface area contributed by atoms with E-state index in [1.165, 1.54) is 58.9 Å². The van der Waals surface area contributed by atoms with Gasteiger partial charge in [-0.25, -0.2) is 31.2 Å². The zero-order valence-corrected chi connectivity index (χ0v) is 60.5. The van der Waals surface area contributed by atoms with Crippen LogP contribution in [0.25, 0.3) is 0 Å². The highest BCUT2D eigenvalue weighted by Gasteiger charge is 2.56. The molecule has 7 aliphatic rings. The SMILES string of the molecule is C.CC(=O)c1ccc(S(=O)(=O)N2CC(CN(C)C)OC23CCN(C(=O)OC(C)(C)C)CC3)cc1.CC(=O)c1ccc(S(=O)(=O)N2CC(CN(C)C)OC23CCNCC3)cc1.CC(C)(C)OC(=O)N1CCC(=O)CC1.CN(C)CC1CNC2(CCN(C(=O)OC(C)(C)C)CC2)O1. The van der Waals surface area contributed by atoms with Crippen molar-refractivity contribution < 1.29 is 74.0 Å². The third kappa shape index (κ3) is 22.9. The quantitative estimate of drug-likeness (QED) is 0.160. The molecule has 2 aromatic carbocycles. The van der Waals surface area contributed by atoms with Crippen LogP contribution in [-0.2, 0) is 53.3 Å². The van der Waals surface area contributed by atoms with Crippen molar-refractivity contribution in [2.75, 3.05) is 134 Å². The molecule has 3 amide bonds. The summed E-state index contributed by atoms with van der Waals surface area (Å²) in [4.78, 5) is 81.5. The lowest BCUT2D eigenvalue weighted by atomic mass is 10.0. The summed E-state index contributed by atoms with van der Waals surface area (Å²) in [6, 6.07) is 12.2. The van der Waals surface area contributed by atoms with Gasteiger partial charge in [0.1, 0.15) is 39.8 Å². The number of nitrogens with one attached hydrogen (secondary N) is 2. The number of carbonyl (C=O) groups is 6. The van der Waals surface area contributed by atoms with Crippen LogP contribution in [0.15, 0.2) is 58.3 Å². The standard InChI is InChI=1S/C23H35N3O6S.C18H27N3O4S.C15H29N3O3.C10H17NO3.CH4/c1-17(27)18-7-9-20(10-8-18)33(29,30)26-16-19(15-24(5)6)31-23(26)11-13-25(14-12-23)21(28)32-22(2,3)4;1-14(22)15-4-6-17(7-5-15)26(23,24)21-13-16(12-20(2)3)25-18(21)8-10-19-11-9-18;1-14(2,3)21-13(19)18-8-6-15(7-9-18)16-10-12(20-15)11-17(4)5;1-10(2,3)14-9(13)11-6-4-8(12)5-7-11;/h7-10,19H,11-16H2,1-6H3;4-7,16,19H,8-13H2,1-3H3;12,16H,6-11H2,1-5H3;4-7H2,1-3H3;1H4. The Morgan fingerprint density at radius 2 is 0.832 bits per heavy atom. The smallest absolute Gasteiger partial charge is 0.410 e. The van der Waals surface area contributed by atoms with Gasteiger partial charge in [0.05, 0.1) is 28.1 Å². The second kappa shape index (κ2) is 33.1. The number of likely N-dealkylation sites (N-methyl/N-ethyl adjacent to an activating group) is 3. The number of Topliss-reactive ketones (excluding diaryl/α,β-unsaturated/α-hetero) is 3. The van der Waals surface area contributed by atoms with Crippen LogP contribution in [0.2, 0.25) is 0 Å². The molecule has 7 fully saturated rings. The van der Waals surface area contributed by atoms with Crippen LogP contribution in [-0.4, -0.2) is 277 Å². The van der Waals surface area contributed by atoms with Crippen molar-refractivity contribution >= 4 is 55.7 Å². The van der Waals surface area contributed by atoms with Crippen molar-refractivity contribution in [3.8, 4) is 0 Å². The molecule has 0 aromatic heterocycles. The number of carbonyl (C=O) groups excluding carboxylic acids is 6. The second-order valence-corrected chi connectivity index (χ2v) is 32.9. The molecule has 3 unspecified atom stereocenters. The van der Waals surface area contributed by atoms with Crippen molar-refractivity contribution in [3.63, 3.8) is 0 Å². The Balaban J connectivity index is 0.000000238. The van der Waals surface area contributed by atoms with Gasteiger partial charge in [-0.3, -0.25) is 19.7 Å². The minimum Gasteiger partial charge on any atom is -0.444 e. The highest BCUT2D eigenvalue weighted by molar-refractivity contribution is 7.89. The molecule has 7 heterocycles. The van der Waals surface area contributed by atoms with E-state index in [0.29, 0.717) is 109 Å². The van der Waals surface area contributed by atoms with Crippen LogP contribution < -0.4 is 10.6 Å². The number of rotatable bonds is 12. The molecule has 0 aliphatic carbocycles. The number of amides is 3. The van der Waals surface area contributed by atoms with Gasteiger partial charge >= 0.3 is 18.3 Å². The first-order valence-corrected chi connectivity index (χ1v) is 35.6. The molecule has 26 nitrogen and oxygen atoms in total. The summed E-state index contributed by atoms with van der Waals surface area (Å²) in [5.41, 5.74) is -2.61. The van der Waals surface area contributed by atoms with Crippen LogP contribution in [0.4, 0.5) is 14.4 Å². The van der Waals surface area contributed by atoms with Crippen LogP contribution in [0.5, 0.6) is 0 Å². The van der Waals surface area contributed by atoms with Crippen LogP contribution >= 0.6 is 0 Å². The maximum atomic E-state index is 13.7. The summed E-state index contributed by atoms with van der Waals surface area (Å²) in [7, 11) is 4.26. The van der Waals surface area contributed by atoms with Crippen molar-refractivity contribution in [3.05, 3.63) is 59.7 Å². The van der Waals surface area contributed by atoms with Gasteiger partial charge in [-0.1, -0.05) is 31.7 Å². The zero-order chi connectivity index (χ0) is 70.0. The number of likely N-dealkylation sites (tertiary alicyclic amines) is 3. The molecule has 538 valence electrons. The van der Waals surface area contributed by atoms with Gasteiger partial charge in [0, 0.05) is 141 Å². The molecule has 28 heteroatoms. The summed E-state index contributed by atoms with van der Waals surface area (Å²) >= 11 is 0. The number of ether oxygens (including phenoxy) is 6. The lowest BCUT2D eigenvalue weighted by molar-refractivity contribution is -0.121. The molecule has 3 spiro atoms. The third-order valence-electron chi connectivity index (χ3n) is 16.6. The fraction of sp³-hybridized carbons (Fsp3) is 0.731. The summed E-state index contributed by atoms with van der Waals surface area (Å²) < 4.78 is 92.0. The Labute approximate surface area is 566 Å². The monoisotopic (exact) mass is 1380 g/mol. The number of nitrogens with zero attached hydrogens (tertiary/aromatic N) is 8. The molecular formula is C67H112N10O16S2. The highest BCUT2D eigenvalue weighted by Crippen LogP contribution is 2.42. The third-order valence-corrected chi connectivity index (χ3v) is 20.5. The number of hydrogen-bond acceptors (Lipinski definition) is 21. The van der Waals surface area contributed by atoms with E-state index in [1.54, 1.807) is 26.8 Å². The van der Waals surface area contributed by atoms with Crippen LogP contribution in [0.3, 0.4) is 0 Å². The van der Waals surface area contributed by atoms with Gasteiger partial charge in [0.2, 0.25) is 20.0 Å². The fourth-order valence-corrected chi connectivity index (χ4v) is 15.7. The topological polar surface area (TPSA) is 276 Å². The van der Waals surface area contributed by atoms with E-state index in [0.717, 1.165) is 39.0 Å². The average Bonchev–Trinajstić information content (AvgIpc) is 1.64. The van der Waals surface area contributed by atoms with Gasteiger partial charge in [0.15, 0.2) is 11.6 Å². The van der Waals surface area contributed by atoms with E-state index >= 15 is 0 Å². The molecule has 0 radical (unpaired) electrons. The van der Waals surface area contributed by atoms with E-state index in [4.69, 9.17) is 28.4 Å². The number of piperidine rings is 4. The molecule has 9 rings (SSSR count). The molecule has 2 N–H and O–H groups in total. The normalized spacial score (nSPS) is 22.3. The highest BCUT2D eigenvalue weighted by atomic mass is 32.2. The molecule has 7 aliphatic heterocycles. The van der Waals surface area contributed by atoms with Crippen molar-refractivity contribution in [1.82, 2.24) is 48.6 Å². The molecule has 7 saturated heterocycles.